The van der Waals surface area contributed by atoms with Gasteiger partial charge < -0.3 is 14.2 Å². The molecule has 14 aromatic heterocycles. The number of hydrogen-bond donors (Lipinski definition) is 0. The van der Waals surface area contributed by atoms with Gasteiger partial charge in [0.1, 0.15) is 28.1 Å². The average Bonchev–Trinajstić information content (AvgIpc) is 1.48. The number of aromatic nitrogens is 17. The molecule has 486 valence electrons. The van der Waals surface area contributed by atoms with Gasteiger partial charge in [0, 0.05) is 62.9 Å². The summed E-state index contributed by atoms with van der Waals surface area (Å²) in [6.07, 6.45) is 5.73. The van der Waals surface area contributed by atoms with Gasteiger partial charge in [-0.05, 0) is 148 Å². The highest BCUT2D eigenvalue weighted by Gasteiger charge is 2.74. The minimum absolute atomic E-state index is 0.712. The van der Waals surface area contributed by atoms with Crippen LogP contribution in [0.2, 0.25) is 0 Å². The summed E-state index contributed by atoms with van der Waals surface area (Å²) < 4.78 is 47.9. The van der Waals surface area contributed by atoms with E-state index < -0.39 is 17.4 Å². The maximum Gasteiger partial charge on any atom is 0.449 e. The van der Waals surface area contributed by atoms with Crippen molar-refractivity contribution >= 4 is 115 Å². The van der Waals surface area contributed by atoms with Gasteiger partial charge in [0.25, 0.3) is 5.65 Å². The molecular weight excluding hydrogens is 1310 g/mol. The number of para-hydroxylation sites is 6. The third-order valence-corrected chi connectivity index (χ3v) is 24.1. The molecule has 3 spiro atoms. The van der Waals surface area contributed by atoms with Gasteiger partial charge in [-0.3, -0.25) is 4.98 Å². The zero-order chi connectivity index (χ0) is 67.9. The maximum absolute atomic E-state index is 6.60. The fraction of sp³-hybridized carbons (Fsp3) is 0.0706. The summed E-state index contributed by atoms with van der Waals surface area (Å²) in [6, 6.07) is 79.4. The van der Waals surface area contributed by atoms with Gasteiger partial charge in [-0.1, -0.05) is 74.4 Å². The van der Waals surface area contributed by atoms with Crippen LogP contribution in [0.1, 0.15) is 33.8 Å². The summed E-state index contributed by atoms with van der Waals surface area (Å²) in [7, 11) is 0. The van der Waals surface area contributed by atoms with Crippen molar-refractivity contribution in [3.63, 3.8) is 0 Å². The van der Waals surface area contributed by atoms with Gasteiger partial charge in [0.2, 0.25) is 22.6 Å². The molecule has 9 aliphatic rings. The molecule has 0 aliphatic carbocycles. The Balaban J connectivity index is 0.0000000858. The first-order valence-corrected chi connectivity index (χ1v) is 35.5. The predicted octanol–water partition coefficient (Wildman–Crippen LogP) is 12.7. The molecule has 21 aromatic rings. The number of hydrogen-bond acceptors (Lipinski definition) is 8. The Labute approximate surface area is 590 Å². The second kappa shape index (κ2) is 16.9. The number of aryl methyl sites for hydroxylation is 3. The summed E-state index contributed by atoms with van der Waals surface area (Å²) in [5.74, 6) is 2.88. The SMILES string of the molecule is Cc1cc2n(n1)C13c4c(ccc5c6ccccc6n6c7ccccc7[n+]1c6c45)Oc1cccc-2[n+]13.Cc1cc2n(n1)C13c4c(ccc5c6ccccc6n6c7ncccc7[n+]1c6c45)Oc1cccc-2[n+]13.Cc1cc2n(n1)C13c4c(ccc5c6ccncc6n6c7ccccc7[n+]1c6c45)Oc1cccc-2[n+]13. The Hall–Kier alpha value is -14.3. The Bertz CT molecular complexity index is 7250. The summed E-state index contributed by atoms with van der Waals surface area (Å²) in [5, 5.41) is 26.2. The number of rotatable bonds is 0. The number of ether oxygens (including phenoxy) is 3. The van der Waals surface area contributed by atoms with Gasteiger partial charge in [0.15, 0.2) is 61.5 Å². The highest BCUT2D eigenvalue weighted by Crippen LogP contribution is 2.57. The van der Waals surface area contributed by atoms with Crippen LogP contribution in [0, 0.1) is 20.8 Å². The van der Waals surface area contributed by atoms with Crippen molar-refractivity contribution in [2.75, 3.05) is 0 Å². The predicted molar refractivity (Wildman–Crippen MR) is 388 cm³/mol. The zero-order valence-electron chi connectivity index (χ0n) is 55.9. The van der Waals surface area contributed by atoms with E-state index in [1.807, 2.05) is 30.7 Å². The lowest BCUT2D eigenvalue weighted by Crippen LogP contribution is -2.75. The van der Waals surface area contributed by atoms with E-state index in [4.69, 9.17) is 34.5 Å². The number of benzene rings is 7. The molecule has 0 fully saturated rings. The van der Waals surface area contributed by atoms with Crippen molar-refractivity contribution in [3.8, 4) is 69.1 Å². The van der Waals surface area contributed by atoms with Crippen molar-refractivity contribution < 1.29 is 41.6 Å². The van der Waals surface area contributed by atoms with E-state index in [1.54, 1.807) is 0 Å². The number of nitrogens with zero attached hydrogens (tertiary/aromatic N) is 17. The van der Waals surface area contributed by atoms with Crippen LogP contribution < -0.4 is 41.6 Å². The van der Waals surface area contributed by atoms with Crippen molar-refractivity contribution in [3.05, 3.63) is 277 Å². The van der Waals surface area contributed by atoms with Crippen LogP contribution in [0.5, 0.6) is 34.9 Å². The molecule has 0 amide bonds. The normalized spacial score (nSPS) is 18.2. The Kier molecular flexibility index (Phi) is 8.46. The first kappa shape index (κ1) is 52.7. The van der Waals surface area contributed by atoms with Crippen molar-refractivity contribution in [2.24, 2.45) is 0 Å². The van der Waals surface area contributed by atoms with E-state index in [0.29, 0.717) is 0 Å². The minimum Gasteiger partial charge on any atom is -0.404 e. The van der Waals surface area contributed by atoms with Gasteiger partial charge in [-0.2, -0.15) is 28.5 Å². The van der Waals surface area contributed by atoms with Gasteiger partial charge in [-0.25, -0.2) is 4.98 Å². The van der Waals surface area contributed by atoms with E-state index in [-0.39, 0.29) is 0 Å². The highest BCUT2D eigenvalue weighted by molar-refractivity contribution is 6.18. The summed E-state index contributed by atoms with van der Waals surface area (Å²) in [6.45, 7) is 6.20. The fourth-order valence-corrected chi connectivity index (χ4v) is 20.9. The van der Waals surface area contributed by atoms with Crippen LogP contribution >= 0.6 is 0 Å². The second-order valence-corrected chi connectivity index (χ2v) is 29.0. The molecule has 20 nitrogen and oxygen atoms in total. The van der Waals surface area contributed by atoms with Crippen LogP contribution in [-0.4, -0.2) is 52.5 Å². The molecule has 30 rings (SSSR count). The second-order valence-electron chi connectivity index (χ2n) is 29.0. The van der Waals surface area contributed by atoms with Crippen LogP contribution in [-0.2, 0) is 17.4 Å². The van der Waals surface area contributed by atoms with Crippen molar-refractivity contribution in [2.45, 2.75) is 38.1 Å². The minimum atomic E-state index is -0.752. The van der Waals surface area contributed by atoms with E-state index in [2.05, 4.69) is 293 Å². The molecule has 0 bridgehead atoms. The lowest BCUT2D eigenvalue weighted by atomic mass is 9.97. The van der Waals surface area contributed by atoms with Gasteiger partial charge in [-0.15, -0.1) is 27.7 Å². The van der Waals surface area contributed by atoms with Crippen LogP contribution in [0.15, 0.2) is 243 Å². The average molecular weight is 1360 g/mol. The molecule has 23 heterocycles. The smallest absolute Gasteiger partial charge is 0.404 e. The maximum atomic E-state index is 6.60. The zero-order valence-corrected chi connectivity index (χ0v) is 55.9. The third-order valence-electron chi connectivity index (χ3n) is 24.1. The number of fused-ring (bicyclic) bond motifs is 24. The van der Waals surface area contributed by atoms with E-state index >= 15 is 0 Å². The lowest BCUT2D eigenvalue weighted by Gasteiger charge is -2.26. The molecule has 105 heavy (non-hydrogen) atoms. The van der Waals surface area contributed by atoms with Crippen LogP contribution in [0.3, 0.4) is 0 Å². The quantitative estimate of drug-likeness (QED) is 0.108. The number of imidazole rings is 3. The number of pyridine rings is 8. The van der Waals surface area contributed by atoms with Crippen molar-refractivity contribution in [1.82, 2.24) is 52.5 Å². The third kappa shape index (κ3) is 5.31. The van der Waals surface area contributed by atoms with E-state index in [0.717, 1.165) is 147 Å². The molecular formula is C85H49N17O3+6. The van der Waals surface area contributed by atoms with Crippen LogP contribution in [0.4, 0.5) is 0 Å². The largest absolute Gasteiger partial charge is 0.449 e. The Morgan fingerprint density at radius 2 is 0.714 bits per heavy atom. The Morgan fingerprint density at radius 3 is 1.19 bits per heavy atom. The first-order chi connectivity index (χ1) is 51.8. The summed E-state index contributed by atoms with van der Waals surface area (Å²) in [4.78, 5) is 9.41. The molecule has 0 N–H and O–H groups in total. The summed E-state index contributed by atoms with van der Waals surface area (Å²) >= 11 is 0. The van der Waals surface area contributed by atoms with E-state index in [9.17, 15) is 0 Å². The van der Waals surface area contributed by atoms with Crippen molar-refractivity contribution in [1.29, 1.82) is 0 Å². The molecule has 0 saturated carbocycles. The highest BCUT2D eigenvalue weighted by atomic mass is 16.5. The fourth-order valence-electron chi connectivity index (χ4n) is 20.9. The molecule has 9 aliphatic heterocycles. The van der Waals surface area contributed by atoms with Gasteiger partial charge in [0.05, 0.1) is 57.6 Å². The molecule has 3 atom stereocenters. The van der Waals surface area contributed by atoms with Gasteiger partial charge >= 0.3 is 51.9 Å². The molecule has 0 saturated heterocycles. The first-order valence-electron chi connectivity index (χ1n) is 35.5. The monoisotopic (exact) mass is 1360 g/mol. The van der Waals surface area contributed by atoms with E-state index in [1.165, 1.54) is 70.7 Å². The molecule has 7 aromatic carbocycles. The lowest BCUT2D eigenvalue weighted by molar-refractivity contribution is -0.960. The Morgan fingerprint density at radius 1 is 0.324 bits per heavy atom. The molecule has 20 heteroatoms. The molecule has 3 unspecified atom stereocenters. The topological polar surface area (TPSA) is 143 Å². The molecule has 0 radical (unpaired) electrons. The standard InChI is InChI=1S/C29H17N5O.2C28H16N6O/c1-16-15-23-22-11-6-12-25-32(22)29(34(23)30-16)27-24(35-25)14-13-18-17-7-2-3-8-19(17)31-20-9-4-5-10-21(20)33(29)28(31)26(18)27;1-15-14-21-19-8-4-10-23-32(19)28(34(21)30-15)25-22(35-23)12-11-17-16-6-2-3-7-18(16)31-26-20(9-5-13-29-26)33(28)27(31)24(17)25;1-15-13-21-20-7-4-8-24-32(20)28(34(21)30-15)26-23(35-24)10-9-17-16-11-12-29-14-22(16)31-18-5-2-3-6-19(18)33(28)27(31)25(17)26/h2-15H,1H3;2*2-14H,1H3/q3*+2. The summed E-state index contributed by atoms with van der Waals surface area (Å²) in [5.41, 5.74) is 26.5. The van der Waals surface area contributed by atoms with Crippen LogP contribution in [0.25, 0.3) is 149 Å².